The molecule has 3 aliphatic rings. The predicted molar refractivity (Wildman–Crippen MR) is 87.1 cm³/mol. The Morgan fingerprint density at radius 1 is 1.27 bits per heavy atom. The highest BCUT2D eigenvalue weighted by Crippen LogP contribution is 2.49. The van der Waals surface area contributed by atoms with Gasteiger partial charge in [-0.3, -0.25) is 14.3 Å². The number of hydrogen-bond donors (Lipinski definition) is 0. The molecule has 3 nitrogen and oxygen atoms in total. The molecule has 3 heteroatoms. The lowest BCUT2D eigenvalue weighted by Crippen LogP contribution is -2.50. The molecule has 4 heterocycles. The zero-order valence-corrected chi connectivity index (χ0v) is 13.1. The number of rotatable bonds is 1. The Kier molecular flexibility index (Phi) is 2.61. The van der Waals surface area contributed by atoms with E-state index in [1.54, 1.807) is 0 Å². The first-order chi connectivity index (χ1) is 10.8. The Morgan fingerprint density at radius 3 is 3.00 bits per heavy atom. The number of carbonyl (C=O) groups is 1. The maximum Gasteiger partial charge on any atom is 0.231 e. The summed E-state index contributed by atoms with van der Waals surface area (Å²) in [5, 5.41) is 1.31. The van der Waals surface area contributed by atoms with Crippen molar-refractivity contribution in [2.75, 3.05) is 13.1 Å². The Morgan fingerprint density at radius 2 is 2.14 bits per heavy atom. The van der Waals surface area contributed by atoms with E-state index in [0.717, 1.165) is 30.8 Å². The molecular formula is C19H22N2O. The van der Waals surface area contributed by atoms with Crippen molar-refractivity contribution in [1.82, 2.24) is 9.47 Å². The predicted octanol–water partition coefficient (Wildman–Crippen LogP) is 3.63. The molecule has 0 aliphatic carbocycles. The number of para-hydroxylation sites is 1. The summed E-state index contributed by atoms with van der Waals surface area (Å²) in [6.45, 7) is 4.67. The van der Waals surface area contributed by atoms with Crippen LogP contribution in [0.3, 0.4) is 0 Å². The van der Waals surface area contributed by atoms with E-state index in [9.17, 15) is 4.79 Å². The van der Waals surface area contributed by atoms with Crippen molar-refractivity contribution < 1.29 is 4.79 Å². The van der Waals surface area contributed by atoms with Crippen LogP contribution in [0.15, 0.2) is 24.3 Å². The van der Waals surface area contributed by atoms with Crippen molar-refractivity contribution in [2.45, 2.75) is 38.6 Å². The molecule has 1 saturated heterocycles. The lowest BCUT2D eigenvalue weighted by Gasteiger charge is -2.49. The van der Waals surface area contributed by atoms with Crippen LogP contribution in [0.5, 0.6) is 0 Å². The maximum absolute atomic E-state index is 12.8. The normalized spacial score (nSPS) is 30.6. The third-order valence-electron chi connectivity index (χ3n) is 6.18. The highest BCUT2D eigenvalue weighted by molar-refractivity contribution is 5.97. The Bertz CT molecular complexity index is 775. The second kappa shape index (κ2) is 4.45. The summed E-state index contributed by atoms with van der Waals surface area (Å²) < 4.78 is 2.06. The van der Waals surface area contributed by atoms with Crippen LogP contribution in [0.2, 0.25) is 0 Å². The van der Waals surface area contributed by atoms with Crippen LogP contribution in [0.1, 0.15) is 48.3 Å². The molecular weight excluding hydrogens is 272 g/mol. The molecule has 1 aromatic heterocycles. The van der Waals surface area contributed by atoms with E-state index in [-0.39, 0.29) is 0 Å². The minimum atomic E-state index is 0.317. The summed E-state index contributed by atoms with van der Waals surface area (Å²) in [6.07, 6.45) is 4.28. The molecule has 0 spiro atoms. The largest absolute Gasteiger partial charge is 0.294 e. The average molecular weight is 294 g/mol. The molecule has 0 unspecified atom stereocenters. The van der Waals surface area contributed by atoms with Crippen molar-refractivity contribution in [1.29, 1.82) is 0 Å². The molecule has 1 aromatic carbocycles. The van der Waals surface area contributed by atoms with E-state index in [2.05, 4.69) is 40.7 Å². The van der Waals surface area contributed by atoms with E-state index < -0.39 is 0 Å². The topological polar surface area (TPSA) is 25.2 Å². The number of hydrogen-bond acceptors (Lipinski definition) is 2. The van der Waals surface area contributed by atoms with Gasteiger partial charge in [0.05, 0.1) is 11.6 Å². The van der Waals surface area contributed by atoms with E-state index in [1.807, 2.05) is 0 Å². The van der Waals surface area contributed by atoms with Gasteiger partial charge in [0.15, 0.2) is 0 Å². The zero-order chi connectivity index (χ0) is 14.8. The van der Waals surface area contributed by atoms with Gasteiger partial charge < -0.3 is 0 Å². The van der Waals surface area contributed by atoms with E-state index in [4.69, 9.17) is 0 Å². The highest BCUT2D eigenvalue weighted by atomic mass is 16.2. The summed E-state index contributed by atoms with van der Waals surface area (Å²) in [7, 11) is 0. The monoisotopic (exact) mass is 294 g/mol. The Hall–Kier alpha value is -1.61. The first kappa shape index (κ1) is 12.9. The molecule has 5 rings (SSSR count). The van der Waals surface area contributed by atoms with Crippen molar-refractivity contribution >= 4 is 16.8 Å². The van der Waals surface area contributed by atoms with Gasteiger partial charge in [0, 0.05) is 30.6 Å². The maximum atomic E-state index is 12.8. The summed E-state index contributed by atoms with van der Waals surface area (Å²) in [4.78, 5) is 15.5. The summed E-state index contributed by atoms with van der Waals surface area (Å²) in [6, 6.07) is 8.96. The van der Waals surface area contributed by atoms with Gasteiger partial charge >= 0.3 is 0 Å². The number of nitrogens with zero attached hydrogens (tertiary/aromatic N) is 2. The molecule has 3 atom stereocenters. The van der Waals surface area contributed by atoms with E-state index in [1.165, 1.54) is 36.0 Å². The standard InChI is InChI=1S/C19H22N2O/c1-2-12-9-13-10-17(22)21-16-6-4-3-5-14(16)15-7-8-20(11-12)18(13)19(15)21/h3-6,12-13,18H,2,7-11H2,1H3/t12-,13+,18-/m0/s1. The van der Waals surface area contributed by atoms with Crippen LogP contribution in [0.25, 0.3) is 10.9 Å². The third-order valence-corrected chi connectivity index (χ3v) is 6.18. The quantitative estimate of drug-likeness (QED) is 0.802. The van der Waals surface area contributed by atoms with Crippen LogP contribution >= 0.6 is 0 Å². The van der Waals surface area contributed by atoms with Gasteiger partial charge in [-0.25, -0.2) is 0 Å². The minimum absolute atomic E-state index is 0.317. The van der Waals surface area contributed by atoms with Crippen molar-refractivity contribution in [2.24, 2.45) is 11.8 Å². The summed E-state index contributed by atoms with van der Waals surface area (Å²) in [5.41, 5.74) is 3.92. The first-order valence-electron chi connectivity index (χ1n) is 8.67. The molecule has 0 saturated carbocycles. The molecule has 0 amide bonds. The van der Waals surface area contributed by atoms with Gasteiger partial charge in [-0.1, -0.05) is 31.5 Å². The number of carbonyl (C=O) groups excluding carboxylic acids is 1. The minimum Gasteiger partial charge on any atom is -0.294 e. The van der Waals surface area contributed by atoms with Crippen LogP contribution in [0.4, 0.5) is 0 Å². The fourth-order valence-electron chi connectivity index (χ4n) is 5.23. The highest BCUT2D eigenvalue weighted by Gasteiger charge is 2.46. The number of benzene rings is 1. The van der Waals surface area contributed by atoms with Gasteiger partial charge in [-0.2, -0.15) is 0 Å². The lowest BCUT2D eigenvalue weighted by atomic mass is 9.74. The molecule has 2 aromatic rings. The second-order valence-corrected chi connectivity index (χ2v) is 7.27. The SMILES string of the molecule is CC[C@H]1C[C@@H]2CC(=O)n3c4c(c5ccccc53)CCN(C1)[C@H]42. The van der Waals surface area contributed by atoms with Crippen LogP contribution in [0, 0.1) is 11.8 Å². The van der Waals surface area contributed by atoms with E-state index in [0.29, 0.717) is 17.9 Å². The van der Waals surface area contributed by atoms with Gasteiger partial charge in [0.25, 0.3) is 0 Å². The Labute approximate surface area is 130 Å². The van der Waals surface area contributed by atoms with Gasteiger partial charge in [-0.05, 0) is 36.3 Å². The zero-order valence-electron chi connectivity index (χ0n) is 13.1. The lowest BCUT2D eigenvalue weighted by molar-refractivity contribution is 0.0238. The number of aromatic nitrogens is 1. The molecule has 0 bridgehead atoms. The Balaban J connectivity index is 1.76. The molecule has 0 N–H and O–H groups in total. The third kappa shape index (κ3) is 1.52. The second-order valence-electron chi connectivity index (χ2n) is 7.27. The molecule has 22 heavy (non-hydrogen) atoms. The van der Waals surface area contributed by atoms with Gasteiger partial charge in [-0.15, -0.1) is 0 Å². The fourth-order valence-corrected chi connectivity index (χ4v) is 5.23. The molecule has 114 valence electrons. The fraction of sp³-hybridized carbons (Fsp3) is 0.526. The van der Waals surface area contributed by atoms with Gasteiger partial charge in [0.1, 0.15) is 0 Å². The van der Waals surface area contributed by atoms with E-state index >= 15 is 0 Å². The number of piperidine rings is 1. The summed E-state index contributed by atoms with van der Waals surface area (Å²) in [5.74, 6) is 1.62. The van der Waals surface area contributed by atoms with Crippen LogP contribution in [-0.2, 0) is 6.42 Å². The molecule has 3 aliphatic heterocycles. The first-order valence-corrected chi connectivity index (χ1v) is 8.67. The van der Waals surface area contributed by atoms with Crippen LogP contribution in [-0.4, -0.2) is 28.5 Å². The molecule has 1 fully saturated rings. The molecule has 0 radical (unpaired) electrons. The van der Waals surface area contributed by atoms with Crippen molar-refractivity contribution in [3.05, 3.63) is 35.5 Å². The van der Waals surface area contributed by atoms with Crippen molar-refractivity contribution in [3.8, 4) is 0 Å². The number of fused-ring (bicyclic) bond motifs is 3. The average Bonchev–Trinajstić information content (AvgIpc) is 2.89. The van der Waals surface area contributed by atoms with Crippen molar-refractivity contribution in [3.63, 3.8) is 0 Å². The summed E-state index contributed by atoms with van der Waals surface area (Å²) >= 11 is 0. The van der Waals surface area contributed by atoms with Gasteiger partial charge in [0.2, 0.25) is 5.91 Å². The van der Waals surface area contributed by atoms with Crippen LogP contribution < -0.4 is 0 Å². The smallest absolute Gasteiger partial charge is 0.231 e.